The van der Waals surface area contributed by atoms with E-state index in [2.05, 4.69) is 54.7 Å². The summed E-state index contributed by atoms with van der Waals surface area (Å²) < 4.78 is 10.8. The van der Waals surface area contributed by atoms with Crippen molar-refractivity contribution < 1.29 is 14.3 Å². The molecule has 2 aliphatic rings. The number of anilines is 1. The second-order valence-corrected chi connectivity index (χ2v) is 8.89. The molecule has 1 aliphatic heterocycles. The van der Waals surface area contributed by atoms with Gasteiger partial charge in [-0.05, 0) is 73.3 Å². The van der Waals surface area contributed by atoms with Crippen LogP contribution in [0.1, 0.15) is 50.5 Å². The Morgan fingerprint density at radius 3 is 2.42 bits per heavy atom. The molecule has 0 aromatic heterocycles. The third-order valence-electron chi connectivity index (χ3n) is 6.20. The van der Waals surface area contributed by atoms with Crippen molar-refractivity contribution >= 4 is 11.7 Å². The Labute approximate surface area is 183 Å². The Morgan fingerprint density at radius 2 is 1.74 bits per heavy atom. The zero-order valence-corrected chi connectivity index (χ0v) is 18.0. The number of benzene rings is 2. The third-order valence-corrected chi connectivity index (χ3v) is 6.20. The highest BCUT2D eigenvalue weighted by Gasteiger charge is 2.27. The summed E-state index contributed by atoms with van der Waals surface area (Å²) in [4.78, 5) is 11.9. The van der Waals surface area contributed by atoms with Gasteiger partial charge >= 0.3 is 5.97 Å². The minimum atomic E-state index is -1.89. The molecular weight excluding hydrogens is 392 g/mol. The van der Waals surface area contributed by atoms with Crippen LogP contribution in [-0.2, 0) is 9.53 Å². The predicted octanol–water partition coefficient (Wildman–Crippen LogP) is 3.24. The van der Waals surface area contributed by atoms with Crippen LogP contribution in [0.5, 0.6) is 5.75 Å². The lowest BCUT2D eigenvalue weighted by Crippen LogP contribution is -2.61. The van der Waals surface area contributed by atoms with Crippen LogP contribution >= 0.6 is 0 Å². The van der Waals surface area contributed by atoms with Crippen molar-refractivity contribution in [2.24, 2.45) is 23.1 Å². The molecule has 1 fully saturated rings. The van der Waals surface area contributed by atoms with Crippen LogP contribution in [0.2, 0.25) is 0 Å². The maximum absolute atomic E-state index is 11.9. The van der Waals surface area contributed by atoms with Gasteiger partial charge in [0.25, 0.3) is 5.97 Å². The molecule has 0 spiro atoms. The molecule has 7 N–H and O–H groups in total. The summed E-state index contributed by atoms with van der Waals surface area (Å²) in [7, 11) is 0. The molecule has 2 aromatic rings. The Balaban J connectivity index is 1.34. The fourth-order valence-corrected chi connectivity index (χ4v) is 4.58. The highest BCUT2D eigenvalue weighted by molar-refractivity contribution is 5.72. The molecule has 7 nitrogen and oxygen atoms in total. The molecule has 0 amide bonds. The molecule has 1 saturated carbocycles. The van der Waals surface area contributed by atoms with Crippen LogP contribution in [0.15, 0.2) is 42.5 Å². The average Bonchev–Trinajstić information content (AvgIpc) is 2.72. The van der Waals surface area contributed by atoms with Gasteiger partial charge in [0.1, 0.15) is 11.9 Å². The summed E-state index contributed by atoms with van der Waals surface area (Å²) in [6.45, 7) is 2.90. The van der Waals surface area contributed by atoms with Gasteiger partial charge in [0.15, 0.2) is 0 Å². The number of hydrogen-bond donors (Lipinski definition) is 4. The van der Waals surface area contributed by atoms with E-state index >= 15 is 0 Å². The van der Waals surface area contributed by atoms with E-state index < -0.39 is 11.9 Å². The zero-order valence-electron chi connectivity index (χ0n) is 18.0. The van der Waals surface area contributed by atoms with E-state index in [0.29, 0.717) is 12.3 Å². The van der Waals surface area contributed by atoms with Gasteiger partial charge in [-0.25, -0.2) is 0 Å². The quantitative estimate of drug-likeness (QED) is 0.429. The standard InChI is InChI=1S/C24H32N4O3/c1-15-14-28-21-11-10-20(13-22(21)30-15)19-8-6-18(7-9-19)17-4-2-16(3-5-17)12-23(29)31-24(25,26)27/h6-11,13,15-17,28H,2-5,12,14,25-27H2,1H3. The lowest BCUT2D eigenvalue weighted by Gasteiger charge is -2.29. The van der Waals surface area contributed by atoms with Gasteiger partial charge < -0.3 is 14.8 Å². The number of nitrogens with one attached hydrogen (secondary N) is 1. The SMILES string of the molecule is CC1CNc2ccc(-c3ccc(C4CCC(CC(=O)OC(N)(N)N)CC4)cc3)cc2O1. The topological polar surface area (TPSA) is 126 Å². The minimum absolute atomic E-state index is 0.172. The third kappa shape index (κ3) is 5.55. The highest BCUT2D eigenvalue weighted by atomic mass is 16.6. The summed E-state index contributed by atoms with van der Waals surface area (Å²) in [6, 6.07) is 15.1. The molecule has 0 saturated heterocycles. The lowest BCUT2D eigenvalue weighted by molar-refractivity contribution is -0.159. The van der Waals surface area contributed by atoms with E-state index in [1.54, 1.807) is 0 Å². The zero-order chi connectivity index (χ0) is 22.0. The van der Waals surface area contributed by atoms with E-state index in [-0.39, 0.29) is 12.0 Å². The minimum Gasteiger partial charge on any atom is -0.487 e. The fourth-order valence-electron chi connectivity index (χ4n) is 4.58. The van der Waals surface area contributed by atoms with Gasteiger partial charge in [-0.15, -0.1) is 0 Å². The Morgan fingerprint density at radius 1 is 1.06 bits per heavy atom. The maximum Gasteiger partial charge on any atom is 0.309 e. The first-order valence-electron chi connectivity index (χ1n) is 11.0. The van der Waals surface area contributed by atoms with Crippen molar-refractivity contribution in [1.29, 1.82) is 0 Å². The molecule has 1 aliphatic carbocycles. The van der Waals surface area contributed by atoms with Gasteiger partial charge in [0.2, 0.25) is 0 Å². The van der Waals surface area contributed by atoms with E-state index in [4.69, 9.17) is 26.7 Å². The van der Waals surface area contributed by atoms with Crippen molar-refractivity contribution in [3.8, 4) is 16.9 Å². The van der Waals surface area contributed by atoms with Gasteiger partial charge in [-0.2, -0.15) is 0 Å². The van der Waals surface area contributed by atoms with Crippen LogP contribution in [0.25, 0.3) is 11.1 Å². The molecule has 0 bridgehead atoms. The number of hydrogen-bond acceptors (Lipinski definition) is 7. The number of carbonyl (C=O) groups is 1. The molecule has 2 aromatic carbocycles. The van der Waals surface area contributed by atoms with Crippen molar-refractivity contribution in [1.82, 2.24) is 0 Å². The first kappa shape index (κ1) is 21.6. The molecule has 1 heterocycles. The second-order valence-electron chi connectivity index (χ2n) is 8.89. The molecule has 31 heavy (non-hydrogen) atoms. The van der Waals surface area contributed by atoms with Gasteiger partial charge in [0.05, 0.1) is 12.2 Å². The number of esters is 1. The Hall–Kier alpha value is -2.61. The lowest BCUT2D eigenvalue weighted by atomic mass is 9.77. The molecule has 0 radical (unpaired) electrons. The summed E-state index contributed by atoms with van der Waals surface area (Å²) in [5.74, 6) is -0.616. The maximum atomic E-state index is 11.9. The van der Waals surface area contributed by atoms with Crippen LogP contribution in [0, 0.1) is 5.92 Å². The molecule has 1 atom stereocenters. The Bertz CT molecular complexity index is 915. The number of carbonyl (C=O) groups excluding carboxylic acids is 1. The highest BCUT2D eigenvalue weighted by Crippen LogP contribution is 2.38. The van der Waals surface area contributed by atoms with Crippen LogP contribution < -0.4 is 27.3 Å². The number of ether oxygens (including phenoxy) is 2. The Kier molecular flexibility index (Phi) is 6.18. The first-order chi connectivity index (χ1) is 14.8. The van der Waals surface area contributed by atoms with Crippen molar-refractivity contribution in [2.45, 2.75) is 57.0 Å². The smallest absolute Gasteiger partial charge is 0.309 e. The average molecular weight is 425 g/mol. The number of rotatable bonds is 5. The summed E-state index contributed by atoms with van der Waals surface area (Å²) >= 11 is 0. The molecular formula is C24H32N4O3. The molecule has 7 heteroatoms. The summed E-state index contributed by atoms with van der Waals surface area (Å²) in [5.41, 5.74) is 20.7. The normalized spacial score (nSPS) is 23.3. The largest absolute Gasteiger partial charge is 0.487 e. The van der Waals surface area contributed by atoms with Crippen molar-refractivity contribution in [3.63, 3.8) is 0 Å². The van der Waals surface area contributed by atoms with Crippen LogP contribution in [0.3, 0.4) is 0 Å². The van der Waals surface area contributed by atoms with Gasteiger partial charge in [0, 0.05) is 6.42 Å². The summed E-state index contributed by atoms with van der Waals surface area (Å²) in [5, 5.41) is 3.40. The van der Waals surface area contributed by atoms with Crippen molar-refractivity contribution in [2.75, 3.05) is 11.9 Å². The molecule has 4 rings (SSSR count). The fraction of sp³-hybridized carbons (Fsp3) is 0.458. The van der Waals surface area contributed by atoms with E-state index in [1.165, 1.54) is 11.1 Å². The van der Waals surface area contributed by atoms with E-state index in [9.17, 15) is 4.79 Å². The van der Waals surface area contributed by atoms with Gasteiger partial charge in [-0.3, -0.25) is 22.0 Å². The monoisotopic (exact) mass is 424 g/mol. The number of fused-ring (bicyclic) bond motifs is 1. The van der Waals surface area contributed by atoms with Crippen LogP contribution in [0.4, 0.5) is 5.69 Å². The molecule has 1 unspecified atom stereocenters. The number of nitrogens with two attached hydrogens (primary N) is 3. The summed E-state index contributed by atoms with van der Waals surface area (Å²) in [6.07, 6.45) is 4.53. The van der Waals surface area contributed by atoms with E-state index in [0.717, 1.165) is 49.2 Å². The second kappa shape index (κ2) is 8.86. The van der Waals surface area contributed by atoms with Crippen molar-refractivity contribution in [3.05, 3.63) is 48.0 Å². The first-order valence-corrected chi connectivity index (χ1v) is 11.0. The van der Waals surface area contributed by atoms with E-state index in [1.807, 2.05) is 0 Å². The van der Waals surface area contributed by atoms with Gasteiger partial charge in [-0.1, -0.05) is 30.3 Å². The molecule has 166 valence electrons. The predicted molar refractivity (Wildman–Crippen MR) is 121 cm³/mol. The van der Waals surface area contributed by atoms with Crippen LogP contribution in [-0.4, -0.2) is 24.6 Å².